The van der Waals surface area contributed by atoms with Gasteiger partial charge in [-0.1, -0.05) is 0 Å². The highest BCUT2D eigenvalue weighted by atomic mass is 16.5. The van der Waals surface area contributed by atoms with Gasteiger partial charge in [-0.2, -0.15) is 5.10 Å². The lowest BCUT2D eigenvalue weighted by atomic mass is 10.1. The van der Waals surface area contributed by atoms with Crippen LogP contribution in [0.2, 0.25) is 0 Å². The van der Waals surface area contributed by atoms with Gasteiger partial charge in [-0.3, -0.25) is 4.68 Å². The summed E-state index contributed by atoms with van der Waals surface area (Å²) in [4.78, 5) is 11.3. The number of phenolic OH excluding ortho intramolecular Hbond substituents is 1. The molecular weight excluding hydrogens is 196 g/mol. The molecule has 78 valence electrons. The summed E-state index contributed by atoms with van der Waals surface area (Å²) in [7, 11) is 3.04. The summed E-state index contributed by atoms with van der Waals surface area (Å²) < 4.78 is 6.16. The zero-order chi connectivity index (χ0) is 11.0. The summed E-state index contributed by atoms with van der Waals surface area (Å²) in [6.07, 6.45) is 1.55. The molecule has 15 heavy (non-hydrogen) atoms. The van der Waals surface area contributed by atoms with E-state index in [0.29, 0.717) is 16.5 Å². The molecule has 0 atom stereocenters. The van der Waals surface area contributed by atoms with Crippen molar-refractivity contribution >= 4 is 16.9 Å². The standard InChI is InChI=1S/C10H10N2O3/c1-12-8-3-6(10(14)15-2)4-9(13)7(8)5-11-12/h3-5,13H,1-2H3. The maximum Gasteiger partial charge on any atom is 0.338 e. The highest BCUT2D eigenvalue weighted by Crippen LogP contribution is 2.26. The topological polar surface area (TPSA) is 64.3 Å². The molecular formula is C10H10N2O3. The van der Waals surface area contributed by atoms with Crippen molar-refractivity contribution in [1.82, 2.24) is 9.78 Å². The van der Waals surface area contributed by atoms with Crippen LogP contribution in [0.4, 0.5) is 0 Å². The van der Waals surface area contributed by atoms with Gasteiger partial charge in [-0.05, 0) is 12.1 Å². The lowest BCUT2D eigenvalue weighted by molar-refractivity contribution is 0.0600. The second kappa shape index (κ2) is 3.27. The van der Waals surface area contributed by atoms with Crippen LogP contribution in [0.25, 0.3) is 10.9 Å². The van der Waals surface area contributed by atoms with E-state index in [1.165, 1.54) is 13.2 Å². The SMILES string of the molecule is COC(=O)c1cc(O)c2cnn(C)c2c1. The number of aromatic nitrogens is 2. The molecule has 0 fully saturated rings. The fraction of sp³-hybridized carbons (Fsp3) is 0.200. The van der Waals surface area contributed by atoms with E-state index in [1.807, 2.05) is 0 Å². The average Bonchev–Trinajstić information content (AvgIpc) is 2.60. The molecule has 0 spiro atoms. The highest BCUT2D eigenvalue weighted by Gasteiger charge is 2.12. The normalized spacial score (nSPS) is 10.5. The molecule has 2 aromatic rings. The number of carbonyl (C=O) groups excluding carboxylic acids is 1. The predicted molar refractivity (Wildman–Crippen MR) is 53.7 cm³/mol. The maximum absolute atomic E-state index is 11.3. The third kappa shape index (κ3) is 1.41. The van der Waals surface area contributed by atoms with E-state index in [0.717, 1.165) is 0 Å². The number of carbonyl (C=O) groups is 1. The predicted octanol–water partition coefficient (Wildman–Crippen LogP) is 1.07. The van der Waals surface area contributed by atoms with Crippen LogP contribution in [0.1, 0.15) is 10.4 Å². The number of hydrogen-bond acceptors (Lipinski definition) is 4. The van der Waals surface area contributed by atoms with E-state index in [1.54, 1.807) is 24.0 Å². The number of ether oxygens (including phenoxy) is 1. The van der Waals surface area contributed by atoms with E-state index in [-0.39, 0.29) is 5.75 Å². The largest absolute Gasteiger partial charge is 0.507 e. The number of benzene rings is 1. The van der Waals surface area contributed by atoms with Gasteiger partial charge in [0.1, 0.15) is 5.75 Å². The Morgan fingerprint density at radius 3 is 2.93 bits per heavy atom. The van der Waals surface area contributed by atoms with Crippen LogP contribution in [-0.4, -0.2) is 28.0 Å². The summed E-state index contributed by atoms with van der Waals surface area (Å²) >= 11 is 0. The number of esters is 1. The first-order valence-corrected chi connectivity index (χ1v) is 4.36. The van der Waals surface area contributed by atoms with Crippen LogP contribution in [0.5, 0.6) is 5.75 Å². The Hall–Kier alpha value is -2.04. The average molecular weight is 206 g/mol. The lowest BCUT2D eigenvalue weighted by Crippen LogP contribution is -2.01. The summed E-state index contributed by atoms with van der Waals surface area (Å²) in [6, 6.07) is 3.00. The Morgan fingerprint density at radius 2 is 2.27 bits per heavy atom. The van der Waals surface area contributed by atoms with Crippen LogP contribution in [0, 0.1) is 0 Å². The molecule has 2 rings (SSSR count). The molecule has 1 aromatic heterocycles. The minimum absolute atomic E-state index is 0.0287. The molecule has 0 unspecified atom stereocenters. The first-order valence-electron chi connectivity index (χ1n) is 4.36. The number of methoxy groups -OCH3 is 1. The molecule has 5 nitrogen and oxygen atoms in total. The Balaban J connectivity index is 2.70. The molecule has 0 saturated carbocycles. The van der Waals surface area contributed by atoms with Gasteiger partial charge in [-0.15, -0.1) is 0 Å². The van der Waals surface area contributed by atoms with Crippen molar-refractivity contribution in [2.45, 2.75) is 0 Å². The number of rotatable bonds is 1. The Kier molecular flexibility index (Phi) is 2.07. The van der Waals surface area contributed by atoms with Crippen molar-refractivity contribution < 1.29 is 14.6 Å². The van der Waals surface area contributed by atoms with Gasteiger partial charge in [-0.25, -0.2) is 4.79 Å². The van der Waals surface area contributed by atoms with Gasteiger partial charge in [0.25, 0.3) is 0 Å². The van der Waals surface area contributed by atoms with Gasteiger partial charge in [0.15, 0.2) is 0 Å². The number of hydrogen-bond donors (Lipinski definition) is 1. The number of nitrogens with zero attached hydrogens (tertiary/aromatic N) is 2. The summed E-state index contributed by atoms with van der Waals surface area (Å²) in [5, 5.41) is 14.3. The third-order valence-corrected chi connectivity index (χ3v) is 2.27. The van der Waals surface area contributed by atoms with Crippen LogP contribution in [0.15, 0.2) is 18.3 Å². The number of phenols is 1. The van der Waals surface area contributed by atoms with Crippen LogP contribution in [-0.2, 0) is 11.8 Å². The van der Waals surface area contributed by atoms with E-state index in [4.69, 9.17) is 0 Å². The first kappa shape index (κ1) is 9.51. The van der Waals surface area contributed by atoms with Crippen LogP contribution >= 0.6 is 0 Å². The molecule has 0 aliphatic heterocycles. The molecule has 1 heterocycles. The van der Waals surface area contributed by atoms with Crippen molar-refractivity contribution in [3.05, 3.63) is 23.9 Å². The van der Waals surface area contributed by atoms with Crippen molar-refractivity contribution in [3.8, 4) is 5.75 Å². The summed E-state index contributed by atoms with van der Waals surface area (Å²) in [5.41, 5.74) is 1.00. The number of aromatic hydroxyl groups is 1. The van der Waals surface area contributed by atoms with Gasteiger partial charge < -0.3 is 9.84 Å². The van der Waals surface area contributed by atoms with Crippen LogP contribution in [0.3, 0.4) is 0 Å². The summed E-state index contributed by atoms with van der Waals surface area (Å²) in [5.74, 6) is -0.450. The molecule has 0 bridgehead atoms. The quantitative estimate of drug-likeness (QED) is 0.709. The number of aryl methyl sites for hydroxylation is 1. The molecule has 0 aliphatic carbocycles. The molecule has 5 heteroatoms. The highest BCUT2D eigenvalue weighted by molar-refractivity contribution is 5.96. The lowest BCUT2D eigenvalue weighted by Gasteiger charge is -2.02. The van der Waals surface area contributed by atoms with Crippen molar-refractivity contribution in [2.24, 2.45) is 7.05 Å². The summed E-state index contributed by atoms with van der Waals surface area (Å²) in [6.45, 7) is 0. The van der Waals surface area contributed by atoms with E-state index >= 15 is 0 Å². The molecule has 0 radical (unpaired) electrons. The molecule has 0 aliphatic rings. The van der Waals surface area contributed by atoms with Gasteiger partial charge in [0.05, 0.1) is 29.8 Å². The zero-order valence-corrected chi connectivity index (χ0v) is 8.39. The second-order valence-corrected chi connectivity index (χ2v) is 3.19. The van der Waals surface area contributed by atoms with Gasteiger partial charge in [0.2, 0.25) is 0 Å². The maximum atomic E-state index is 11.3. The Bertz CT molecular complexity index is 531. The van der Waals surface area contributed by atoms with Gasteiger partial charge in [0, 0.05) is 7.05 Å². The molecule has 0 amide bonds. The van der Waals surface area contributed by atoms with Crippen molar-refractivity contribution in [2.75, 3.05) is 7.11 Å². The molecule has 0 saturated heterocycles. The minimum Gasteiger partial charge on any atom is -0.507 e. The van der Waals surface area contributed by atoms with E-state index in [9.17, 15) is 9.90 Å². The fourth-order valence-corrected chi connectivity index (χ4v) is 1.47. The zero-order valence-electron chi connectivity index (χ0n) is 8.39. The smallest absolute Gasteiger partial charge is 0.338 e. The van der Waals surface area contributed by atoms with E-state index in [2.05, 4.69) is 9.84 Å². The number of fused-ring (bicyclic) bond motifs is 1. The first-order chi connectivity index (χ1) is 7.13. The van der Waals surface area contributed by atoms with Crippen LogP contribution < -0.4 is 0 Å². The third-order valence-electron chi connectivity index (χ3n) is 2.27. The molecule has 1 aromatic carbocycles. The van der Waals surface area contributed by atoms with E-state index < -0.39 is 5.97 Å². The van der Waals surface area contributed by atoms with Crippen molar-refractivity contribution in [1.29, 1.82) is 0 Å². The molecule has 1 N–H and O–H groups in total. The fourth-order valence-electron chi connectivity index (χ4n) is 1.47. The second-order valence-electron chi connectivity index (χ2n) is 3.19. The monoisotopic (exact) mass is 206 g/mol. The van der Waals surface area contributed by atoms with Crippen molar-refractivity contribution in [3.63, 3.8) is 0 Å². The Labute approximate surface area is 85.9 Å². The Morgan fingerprint density at radius 1 is 1.53 bits per heavy atom. The van der Waals surface area contributed by atoms with Gasteiger partial charge >= 0.3 is 5.97 Å². The minimum atomic E-state index is -0.478.